The zero-order valence-corrected chi connectivity index (χ0v) is 13.5. The Hall–Kier alpha value is -0.820. The van der Waals surface area contributed by atoms with Gasteiger partial charge in [0.15, 0.2) is 0 Å². The lowest BCUT2D eigenvalue weighted by Gasteiger charge is -2.24. The van der Waals surface area contributed by atoms with Gasteiger partial charge in [0.2, 0.25) is 10.0 Å². The van der Waals surface area contributed by atoms with Crippen molar-refractivity contribution in [3.8, 4) is 5.75 Å². The number of sulfonamides is 1. The first-order chi connectivity index (χ1) is 10.0. The van der Waals surface area contributed by atoms with Crippen LogP contribution in [-0.2, 0) is 10.0 Å². The van der Waals surface area contributed by atoms with Gasteiger partial charge in [-0.25, -0.2) is 8.42 Å². The highest BCUT2D eigenvalue weighted by atomic mass is 35.5. The molecule has 0 saturated carbocycles. The Balaban J connectivity index is 2.33. The topological polar surface area (TPSA) is 66.8 Å². The fraction of sp³-hybridized carbons (Fsp3) is 0.571. The van der Waals surface area contributed by atoms with Crippen molar-refractivity contribution in [2.45, 2.75) is 36.6 Å². The van der Waals surface area contributed by atoms with Crippen LogP contribution in [-0.4, -0.2) is 44.1 Å². The molecule has 1 atom stereocenters. The highest BCUT2D eigenvalue weighted by molar-refractivity contribution is 7.89. The molecule has 1 aliphatic heterocycles. The van der Waals surface area contributed by atoms with E-state index in [4.69, 9.17) is 21.4 Å². The molecule has 0 aliphatic carbocycles. The van der Waals surface area contributed by atoms with Crippen LogP contribution in [0.2, 0.25) is 5.02 Å². The third kappa shape index (κ3) is 3.51. The normalized spacial score (nSPS) is 19.9. The molecule has 2 rings (SSSR count). The molecule has 0 amide bonds. The first kappa shape index (κ1) is 16.5. The molecule has 1 aliphatic rings. The minimum absolute atomic E-state index is 0.0532. The summed E-state index contributed by atoms with van der Waals surface area (Å²) in [6, 6.07) is 4.49. The molecule has 118 valence electrons. The lowest BCUT2D eigenvalue weighted by atomic mass is 10.1. The molecule has 1 heterocycles. The van der Waals surface area contributed by atoms with E-state index >= 15 is 0 Å². The van der Waals surface area contributed by atoms with E-state index in [0.29, 0.717) is 24.4 Å². The summed E-state index contributed by atoms with van der Waals surface area (Å²) in [5, 5.41) is 9.38. The maximum absolute atomic E-state index is 12.8. The summed E-state index contributed by atoms with van der Waals surface area (Å²) in [5.41, 5.74) is 0. The average Bonchev–Trinajstić information content (AvgIpc) is 2.93. The molecule has 0 radical (unpaired) electrons. The lowest BCUT2D eigenvalue weighted by Crippen LogP contribution is -2.35. The van der Waals surface area contributed by atoms with E-state index in [1.54, 1.807) is 6.07 Å². The molecule has 0 aromatic heterocycles. The van der Waals surface area contributed by atoms with Gasteiger partial charge in [0, 0.05) is 30.3 Å². The van der Waals surface area contributed by atoms with Gasteiger partial charge in [-0.2, -0.15) is 4.31 Å². The van der Waals surface area contributed by atoms with Gasteiger partial charge >= 0.3 is 0 Å². The zero-order valence-electron chi connectivity index (χ0n) is 12.0. The van der Waals surface area contributed by atoms with Gasteiger partial charge in [-0.3, -0.25) is 0 Å². The van der Waals surface area contributed by atoms with E-state index in [-0.39, 0.29) is 23.3 Å². The summed E-state index contributed by atoms with van der Waals surface area (Å²) in [6.07, 6.45) is 2.94. The van der Waals surface area contributed by atoms with E-state index in [1.165, 1.54) is 23.5 Å². The highest BCUT2D eigenvalue weighted by Gasteiger charge is 2.36. The third-order valence-electron chi connectivity index (χ3n) is 3.73. The number of ether oxygens (including phenoxy) is 1. The van der Waals surface area contributed by atoms with Gasteiger partial charge in [0.1, 0.15) is 10.6 Å². The van der Waals surface area contributed by atoms with Gasteiger partial charge in [-0.1, -0.05) is 11.6 Å². The van der Waals surface area contributed by atoms with Crippen LogP contribution in [0.15, 0.2) is 23.1 Å². The van der Waals surface area contributed by atoms with Crippen molar-refractivity contribution in [3.05, 3.63) is 23.2 Å². The maximum Gasteiger partial charge on any atom is 0.247 e. The molecule has 1 N–H and O–H groups in total. The van der Waals surface area contributed by atoms with E-state index in [0.717, 1.165) is 12.8 Å². The Kier molecular flexibility index (Phi) is 5.48. The molecule has 7 heteroatoms. The predicted octanol–water partition coefficient (Wildman–Crippen LogP) is 2.27. The number of methoxy groups -OCH3 is 1. The number of halogens is 1. The molecule has 1 aromatic rings. The smallest absolute Gasteiger partial charge is 0.247 e. The Morgan fingerprint density at radius 2 is 2.24 bits per heavy atom. The van der Waals surface area contributed by atoms with Crippen molar-refractivity contribution < 1.29 is 18.3 Å². The first-order valence-electron chi connectivity index (χ1n) is 6.97. The van der Waals surface area contributed by atoms with Crippen LogP contribution in [0.25, 0.3) is 0 Å². The standard InChI is InChI=1S/C14H20ClNO4S/c1-20-13-10-11(15)6-7-14(13)21(18,19)16-8-2-4-12(16)5-3-9-17/h6-7,10,12,17H,2-5,8-9H2,1H3. The number of aliphatic hydroxyl groups excluding tert-OH is 1. The van der Waals surface area contributed by atoms with Crippen LogP contribution < -0.4 is 4.74 Å². The van der Waals surface area contributed by atoms with Gasteiger partial charge < -0.3 is 9.84 Å². The quantitative estimate of drug-likeness (QED) is 0.867. The molecule has 5 nitrogen and oxygen atoms in total. The van der Waals surface area contributed by atoms with Crippen molar-refractivity contribution >= 4 is 21.6 Å². The number of nitrogens with zero attached hydrogens (tertiary/aromatic N) is 1. The number of rotatable bonds is 6. The summed E-state index contributed by atoms with van der Waals surface area (Å²) in [5.74, 6) is 0.260. The van der Waals surface area contributed by atoms with Crippen LogP contribution in [0.4, 0.5) is 0 Å². The Morgan fingerprint density at radius 3 is 2.90 bits per heavy atom. The second-order valence-corrected chi connectivity index (χ2v) is 7.37. The SMILES string of the molecule is COc1cc(Cl)ccc1S(=O)(=O)N1CCCC1CCCO. The average molecular weight is 334 g/mol. The predicted molar refractivity (Wildman–Crippen MR) is 81.2 cm³/mol. The summed E-state index contributed by atoms with van der Waals surface area (Å²) in [7, 11) is -2.18. The van der Waals surface area contributed by atoms with E-state index < -0.39 is 10.0 Å². The summed E-state index contributed by atoms with van der Waals surface area (Å²) >= 11 is 5.89. The van der Waals surface area contributed by atoms with Crippen molar-refractivity contribution in [2.24, 2.45) is 0 Å². The molecule has 0 spiro atoms. The fourth-order valence-corrected chi connectivity index (χ4v) is 4.75. The maximum atomic E-state index is 12.8. The van der Waals surface area contributed by atoms with Crippen LogP contribution in [0.1, 0.15) is 25.7 Å². The Bertz CT molecular complexity index is 591. The number of hydrogen-bond acceptors (Lipinski definition) is 4. The summed E-state index contributed by atoms with van der Waals surface area (Å²) in [4.78, 5) is 0.144. The van der Waals surface area contributed by atoms with Gasteiger partial charge in [0.05, 0.1) is 7.11 Å². The summed E-state index contributed by atoms with van der Waals surface area (Å²) in [6.45, 7) is 0.582. The number of benzene rings is 1. The minimum atomic E-state index is -3.61. The van der Waals surface area contributed by atoms with Gasteiger partial charge in [-0.05, 0) is 37.8 Å². The monoisotopic (exact) mass is 333 g/mol. The first-order valence-corrected chi connectivity index (χ1v) is 8.78. The Morgan fingerprint density at radius 1 is 1.48 bits per heavy atom. The molecule has 1 saturated heterocycles. The van der Waals surface area contributed by atoms with E-state index in [2.05, 4.69) is 0 Å². The highest BCUT2D eigenvalue weighted by Crippen LogP contribution is 2.34. The van der Waals surface area contributed by atoms with Gasteiger partial charge in [-0.15, -0.1) is 0 Å². The van der Waals surface area contributed by atoms with E-state index in [1.807, 2.05) is 0 Å². The van der Waals surface area contributed by atoms with Crippen molar-refractivity contribution in [1.82, 2.24) is 4.31 Å². The second kappa shape index (κ2) is 6.96. The van der Waals surface area contributed by atoms with Crippen molar-refractivity contribution in [3.63, 3.8) is 0 Å². The molecule has 21 heavy (non-hydrogen) atoms. The van der Waals surface area contributed by atoms with Gasteiger partial charge in [0.25, 0.3) is 0 Å². The summed E-state index contributed by atoms with van der Waals surface area (Å²) < 4.78 is 32.4. The molecular formula is C14H20ClNO4S. The zero-order chi connectivity index (χ0) is 15.5. The second-order valence-electron chi connectivity index (χ2n) is 5.07. The molecule has 1 unspecified atom stereocenters. The third-order valence-corrected chi connectivity index (χ3v) is 5.96. The van der Waals surface area contributed by atoms with Crippen LogP contribution in [0.5, 0.6) is 5.75 Å². The van der Waals surface area contributed by atoms with Crippen molar-refractivity contribution in [1.29, 1.82) is 0 Å². The van der Waals surface area contributed by atoms with Crippen LogP contribution in [0, 0.1) is 0 Å². The number of aliphatic hydroxyl groups is 1. The van der Waals surface area contributed by atoms with Crippen LogP contribution in [0.3, 0.4) is 0 Å². The molecule has 0 bridgehead atoms. The molecule has 1 aromatic carbocycles. The molecular weight excluding hydrogens is 314 g/mol. The van der Waals surface area contributed by atoms with Crippen molar-refractivity contribution in [2.75, 3.05) is 20.3 Å². The van der Waals surface area contributed by atoms with Crippen LogP contribution >= 0.6 is 11.6 Å². The fourth-order valence-electron chi connectivity index (χ4n) is 2.72. The molecule has 1 fully saturated rings. The lowest BCUT2D eigenvalue weighted by molar-refractivity contribution is 0.264. The number of hydrogen-bond donors (Lipinski definition) is 1. The van der Waals surface area contributed by atoms with E-state index in [9.17, 15) is 8.42 Å². The largest absolute Gasteiger partial charge is 0.495 e. The Labute approximate surface area is 130 Å². The minimum Gasteiger partial charge on any atom is -0.495 e.